The molecule has 1 heterocycles. The molecule has 1 saturated heterocycles. The maximum Gasteiger partial charge on any atom is 0.0773 e. The Morgan fingerprint density at radius 3 is 2.67 bits per heavy atom. The molecule has 0 bridgehead atoms. The predicted octanol–water partition coefficient (Wildman–Crippen LogP) is 1.15. The number of nitrogens with zero attached hydrogens (tertiary/aromatic N) is 2. The summed E-state index contributed by atoms with van der Waals surface area (Å²) in [5.74, 6) is 0. The minimum Gasteiger partial charge on any atom is -0.377 e. The highest BCUT2D eigenvalue weighted by atomic mass is 16.5. The van der Waals surface area contributed by atoms with E-state index in [1.807, 2.05) is 0 Å². The molecule has 4 heteroatoms. The van der Waals surface area contributed by atoms with Crippen LogP contribution in [0.4, 0.5) is 0 Å². The fourth-order valence-corrected chi connectivity index (χ4v) is 2.52. The zero-order chi connectivity index (χ0) is 13.8. The largest absolute Gasteiger partial charge is 0.377 e. The van der Waals surface area contributed by atoms with Crippen molar-refractivity contribution in [3.63, 3.8) is 0 Å². The Bertz CT molecular complexity index is 245. The standard InChI is InChI=1S/C14H31N3O/c1-14(2,18-5)13(15)8-10-16(3)11-12-7-6-9-17(12)4/h12-13H,6-11,15H2,1-5H3. The number of nitrogens with two attached hydrogens (primary N) is 1. The Labute approximate surface area is 112 Å². The second-order valence-electron chi connectivity index (χ2n) is 6.24. The first-order valence-electron chi connectivity index (χ1n) is 7.06. The molecule has 1 fully saturated rings. The Morgan fingerprint density at radius 2 is 2.17 bits per heavy atom. The van der Waals surface area contributed by atoms with E-state index < -0.39 is 0 Å². The van der Waals surface area contributed by atoms with Gasteiger partial charge in [0.1, 0.15) is 0 Å². The smallest absolute Gasteiger partial charge is 0.0773 e. The van der Waals surface area contributed by atoms with Gasteiger partial charge in [-0.3, -0.25) is 0 Å². The van der Waals surface area contributed by atoms with Gasteiger partial charge in [-0.2, -0.15) is 0 Å². The van der Waals surface area contributed by atoms with Gasteiger partial charge in [-0.25, -0.2) is 0 Å². The molecule has 2 unspecified atom stereocenters. The van der Waals surface area contributed by atoms with Crippen LogP contribution in [-0.2, 0) is 4.74 Å². The lowest BCUT2D eigenvalue weighted by Gasteiger charge is -2.32. The summed E-state index contributed by atoms with van der Waals surface area (Å²) in [6, 6.07) is 0.813. The van der Waals surface area contributed by atoms with Crippen molar-refractivity contribution in [1.82, 2.24) is 9.80 Å². The molecular formula is C14H31N3O. The predicted molar refractivity (Wildman–Crippen MR) is 76.8 cm³/mol. The lowest BCUT2D eigenvalue weighted by Crippen LogP contribution is -2.47. The summed E-state index contributed by atoms with van der Waals surface area (Å²) >= 11 is 0. The number of rotatable bonds is 7. The van der Waals surface area contributed by atoms with E-state index in [1.165, 1.54) is 19.4 Å². The summed E-state index contributed by atoms with van der Waals surface area (Å²) in [5, 5.41) is 0. The van der Waals surface area contributed by atoms with Crippen molar-refractivity contribution in [2.24, 2.45) is 5.73 Å². The summed E-state index contributed by atoms with van der Waals surface area (Å²) in [5.41, 5.74) is 5.95. The molecule has 2 N–H and O–H groups in total. The minimum absolute atomic E-state index is 0.0891. The fraction of sp³-hybridized carbons (Fsp3) is 1.00. The minimum atomic E-state index is -0.231. The number of hydrogen-bond acceptors (Lipinski definition) is 4. The highest BCUT2D eigenvalue weighted by Crippen LogP contribution is 2.17. The average Bonchev–Trinajstić information content (AvgIpc) is 2.72. The molecule has 0 aromatic carbocycles. The van der Waals surface area contributed by atoms with Gasteiger partial charge >= 0.3 is 0 Å². The molecule has 0 saturated carbocycles. The van der Waals surface area contributed by atoms with Crippen LogP contribution in [0, 0.1) is 0 Å². The van der Waals surface area contributed by atoms with E-state index in [1.54, 1.807) is 7.11 Å². The van der Waals surface area contributed by atoms with Gasteiger partial charge in [0.25, 0.3) is 0 Å². The number of likely N-dealkylation sites (N-methyl/N-ethyl adjacent to an activating group) is 2. The molecular weight excluding hydrogens is 226 g/mol. The fourth-order valence-electron chi connectivity index (χ4n) is 2.52. The van der Waals surface area contributed by atoms with E-state index in [0.717, 1.165) is 25.6 Å². The highest BCUT2D eigenvalue weighted by molar-refractivity contribution is 4.84. The summed E-state index contributed by atoms with van der Waals surface area (Å²) < 4.78 is 5.43. The molecule has 1 aliphatic heterocycles. The Balaban J connectivity index is 2.26. The Hall–Kier alpha value is -0.160. The van der Waals surface area contributed by atoms with Crippen molar-refractivity contribution in [3.05, 3.63) is 0 Å². The molecule has 1 aliphatic rings. The van der Waals surface area contributed by atoms with E-state index in [4.69, 9.17) is 10.5 Å². The molecule has 1 rings (SSSR count). The summed E-state index contributed by atoms with van der Waals surface area (Å²) in [7, 11) is 6.15. The third kappa shape index (κ3) is 4.50. The Morgan fingerprint density at radius 1 is 1.50 bits per heavy atom. The monoisotopic (exact) mass is 257 g/mol. The molecule has 0 spiro atoms. The maximum absolute atomic E-state index is 6.18. The van der Waals surface area contributed by atoms with Crippen LogP contribution in [0.25, 0.3) is 0 Å². The van der Waals surface area contributed by atoms with E-state index >= 15 is 0 Å². The molecule has 0 radical (unpaired) electrons. The summed E-state index contributed by atoms with van der Waals surface area (Å²) in [6.07, 6.45) is 3.65. The van der Waals surface area contributed by atoms with Crippen molar-refractivity contribution in [1.29, 1.82) is 0 Å². The first-order valence-corrected chi connectivity index (χ1v) is 7.06. The van der Waals surface area contributed by atoms with Gasteiger partial charge in [0.05, 0.1) is 5.60 Å². The number of hydrogen-bond donors (Lipinski definition) is 1. The van der Waals surface area contributed by atoms with Crippen LogP contribution >= 0.6 is 0 Å². The van der Waals surface area contributed by atoms with Crippen LogP contribution in [0.1, 0.15) is 33.1 Å². The maximum atomic E-state index is 6.18. The van der Waals surface area contributed by atoms with Crippen LogP contribution < -0.4 is 5.73 Å². The summed E-state index contributed by atoms with van der Waals surface area (Å²) in [4.78, 5) is 4.87. The zero-order valence-corrected chi connectivity index (χ0v) is 12.8. The normalized spacial score (nSPS) is 23.8. The molecule has 0 aromatic heterocycles. The topological polar surface area (TPSA) is 41.7 Å². The van der Waals surface area contributed by atoms with Crippen molar-refractivity contribution in [2.75, 3.05) is 40.8 Å². The van der Waals surface area contributed by atoms with Crippen molar-refractivity contribution >= 4 is 0 Å². The van der Waals surface area contributed by atoms with Gasteiger partial charge < -0.3 is 20.3 Å². The van der Waals surface area contributed by atoms with Crippen molar-refractivity contribution in [2.45, 2.75) is 50.8 Å². The van der Waals surface area contributed by atoms with Crippen LogP contribution in [0.3, 0.4) is 0 Å². The van der Waals surface area contributed by atoms with Crippen molar-refractivity contribution in [3.8, 4) is 0 Å². The average molecular weight is 257 g/mol. The lowest BCUT2D eigenvalue weighted by atomic mass is 9.96. The van der Waals surface area contributed by atoms with Gasteiger partial charge in [-0.15, -0.1) is 0 Å². The quantitative estimate of drug-likeness (QED) is 0.743. The Kier molecular flexibility index (Phi) is 6.05. The van der Waals surface area contributed by atoms with Gasteiger partial charge in [0.2, 0.25) is 0 Å². The van der Waals surface area contributed by atoms with Gasteiger partial charge in [0.15, 0.2) is 0 Å². The van der Waals surface area contributed by atoms with Gasteiger partial charge in [-0.1, -0.05) is 0 Å². The third-order valence-corrected chi connectivity index (χ3v) is 4.43. The van der Waals surface area contributed by atoms with Crippen LogP contribution in [0.15, 0.2) is 0 Å². The van der Waals surface area contributed by atoms with Crippen molar-refractivity contribution < 1.29 is 4.74 Å². The zero-order valence-electron chi connectivity index (χ0n) is 12.8. The van der Waals surface area contributed by atoms with E-state index in [2.05, 4.69) is 37.7 Å². The molecule has 4 nitrogen and oxygen atoms in total. The first kappa shape index (κ1) is 15.9. The second-order valence-corrected chi connectivity index (χ2v) is 6.24. The molecule has 2 atom stereocenters. The summed E-state index contributed by atoms with van der Waals surface area (Å²) in [6.45, 7) is 7.55. The SMILES string of the molecule is COC(C)(C)C(N)CCN(C)CC1CCCN1C. The number of ether oxygens (including phenoxy) is 1. The molecule has 0 amide bonds. The van der Waals surface area contributed by atoms with Gasteiger partial charge in [-0.05, 0) is 60.3 Å². The highest BCUT2D eigenvalue weighted by Gasteiger charge is 2.26. The van der Waals surface area contributed by atoms with E-state index in [-0.39, 0.29) is 11.6 Å². The number of methoxy groups -OCH3 is 1. The lowest BCUT2D eigenvalue weighted by molar-refractivity contribution is -0.00349. The van der Waals surface area contributed by atoms with Crippen LogP contribution in [0.5, 0.6) is 0 Å². The molecule has 0 aromatic rings. The van der Waals surface area contributed by atoms with Crippen LogP contribution in [0.2, 0.25) is 0 Å². The second kappa shape index (κ2) is 6.85. The number of likely N-dealkylation sites (tertiary alicyclic amines) is 1. The van der Waals surface area contributed by atoms with E-state index in [9.17, 15) is 0 Å². The molecule has 18 heavy (non-hydrogen) atoms. The molecule has 0 aliphatic carbocycles. The van der Waals surface area contributed by atoms with Gasteiger partial charge in [0, 0.05) is 25.7 Å². The first-order chi connectivity index (χ1) is 8.36. The van der Waals surface area contributed by atoms with E-state index in [0.29, 0.717) is 0 Å². The molecule has 108 valence electrons. The van der Waals surface area contributed by atoms with Crippen LogP contribution in [-0.4, -0.2) is 68.3 Å². The third-order valence-electron chi connectivity index (χ3n) is 4.43.